The summed E-state index contributed by atoms with van der Waals surface area (Å²) in [5.74, 6) is 3.23. The molecule has 1 nitrogen and oxygen atoms in total. The predicted octanol–water partition coefficient (Wildman–Crippen LogP) is 4.14. The molecule has 3 heteroatoms. The first-order valence-electron chi connectivity index (χ1n) is 7.45. The zero-order valence-electron chi connectivity index (χ0n) is 11.6. The maximum Gasteiger partial charge on any atom is 0.0201 e. The number of rotatable bonds is 5. The second-order valence-corrected chi connectivity index (χ2v) is 8.06. The SMILES string of the molecule is CCSC1CCCC1NCC1CSc2ccccc21. The Hall–Kier alpha value is -0.120. The Bertz CT molecular complexity index is 421. The summed E-state index contributed by atoms with van der Waals surface area (Å²) >= 11 is 4.17. The van der Waals surface area contributed by atoms with Gasteiger partial charge in [0.15, 0.2) is 0 Å². The second-order valence-electron chi connectivity index (χ2n) is 5.49. The van der Waals surface area contributed by atoms with Crippen LogP contribution in [0.1, 0.15) is 37.7 Å². The Morgan fingerprint density at radius 2 is 2.21 bits per heavy atom. The van der Waals surface area contributed by atoms with Gasteiger partial charge in [-0.25, -0.2) is 0 Å². The lowest BCUT2D eigenvalue weighted by atomic mass is 10.0. The highest BCUT2D eigenvalue weighted by Crippen LogP contribution is 2.39. The summed E-state index contributed by atoms with van der Waals surface area (Å²) in [6.07, 6.45) is 4.19. The maximum atomic E-state index is 3.87. The van der Waals surface area contributed by atoms with E-state index in [1.165, 1.54) is 35.7 Å². The molecule has 1 fully saturated rings. The van der Waals surface area contributed by atoms with Crippen LogP contribution in [0.4, 0.5) is 0 Å². The third kappa shape index (κ3) is 3.14. The fourth-order valence-electron chi connectivity index (χ4n) is 3.27. The van der Waals surface area contributed by atoms with Crippen LogP contribution in [0.3, 0.4) is 0 Å². The van der Waals surface area contributed by atoms with Crippen molar-refractivity contribution in [1.82, 2.24) is 5.32 Å². The predicted molar refractivity (Wildman–Crippen MR) is 87.5 cm³/mol. The molecule has 19 heavy (non-hydrogen) atoms. The highest BCUT2D eigenvalue weighted by molar-refractivity contribution is 8.00. The van der Waals surface area contributed by atoms with Crippen molar-refractivity contribution in [3.8, 4) is 0 Å². The molecule has 3 unspecified atom stereocenters. The van der Waals surface area contributed by atoms with Gasteiger partial charge in [0.25, 0.3) is 0 Å². The van der Waals surface area contributed by atoms with Crippen molar-refractivity contribution < 1.29 is 0 Å². The van der Waals surface area contributed by atoms with Gasteiger partial charge in [-0.2, -0.15) is 11.8 Å². The first-order valence-corrected chi connectivity index (χ1v) is 9.48. The summed E-state index contributed by atoms with van der Waals surface area (Å²) in [7, 11) is 0. The summed E-state index contributed by atoms with van der Waals surface area (Å²) < 4.78 is 0. The Labute approximate surface area is 125 Å². The highest BCUT2D eigenvalue weighted by atomic mass is 32.2. The maximum absolute atomic E-state index is 3.87. The van der Waals surface area contributed by atoms with Gasteiger partial charge in [-0.3, -0.25) is 0 Å². The zero-order valence-corrected chi connectivity index (χ0v) is 13.2. The van der Waals surface area contributed by atoms with Crippen LogP contribution < -0.4 is 5.32 Å². The average Bonchev–Trinajstić information content (AvgIpc) is 3.04. The Kier molecular flexibility index (Phi) is 4.78. The van der Waals surface area contributed by atoms with E-state index in [2.05, 4.69) is 48.3 Å². The molecule has 0 bridgehead atoms. The molecule has 0 spiro atoms. The van der Waals surface area contributed by atoms with Crippen LogP contribution in [0.25, 0.3) is 0 Å². The van der Waals surface area contributed by atoms with E-state index in [-0.39, 0.29) is 0 Å². The molecule has 1 heterocycles. The van der Waals surface area contributed by atoms with E-state index in [4.69, 9.17) is 0 Å². The van der Waals surface area contributed by atoms with Gasteiger partial charge in [0.05, 0.1) is 0 Å². The van der Waals surface area contributed by atoms with E-state index in [0.717, 1.165) is 17.8 Å². The molecule has 1 aliphatic heterocycles. The number of fused-ring (bicyclic) bond motifs is 1. The summed E-state index contributed by atoms with van der Waals surface area (Å²) in [4.78, 5) is 1.50. The molecule has 0 radical (unpaired) electrons. The van der Waals surface area contributed by atoms with Gasteiger partial charge >= 0.3 is 0 Å². The molecule has 1 aliphatic carbocycles. The first-order chi connectivity index (χ1) is 9.38. The van der Waals surface area contributed by atoms with E-state index in [9.17, 15) is 0 Å². The molecule has 3 atom stereocenters. The van der Waals surface area contributed by atoms with Crippen LogP contribution in [0.5, 0.6) is 0 Å². The Morgan fingerprint density at radius 3 is 3.11 bits per heavy atom. The van der Waals surface area contributed by atoms with Gasteiger partial charge in [-0.05, 0) is 30.2 Å². The lowest BCUT2D eigenvalue weighted by Crippen LogP contribution is -2.37. The normalized spacial score (nSPS) is 29.6. The number of benzene rings is 1. The quantitative estimate of drug-likeness (QED) is 0.876. The minimum Gasteiger partial charge on any atom is -0.312 e. The van der Waals surface area contributed by atoms with Crippen molar-refractivity contribution in [3.63, 3.8) is 0 Å². The highest BCUT2D eigenvalue weighted by Gasteiger charge is 2.29. The molecule has 0 aromatic heterocycles. The van der Waals surface area contributed by atoms with Crippen molar-refractivity contribution in [2.75, 3.05) is 18.1 Å². The molecule has 0 saturated heterocycles. The van der Waals surface area contributed by atoms with Gasteiger partial charge in [0, 0.05) is 34.4 Å². The molecule has 0 amide bonds. The summed E-state index contributed by atoms with van der Waals surface area (Å²) in [6.45, 7) is 3.44. The lowest BCUT2D eigenvalue weighted by molar-refractivity contribution is 0.509. The third-order valence-electron chi connectivity index (χ3n) is 4.26. The van der Waals surface area contributed by atoms with Gasteiger partial charge in [0.1, 0.15) is 0 Å². The topological polar surface area (TPSA) is 12.0 Å². The van der Waals surface area contributed by atoms with Crippen molar-refractivity contribution >= 4 is 23.5 Å². The third-order valence-corrected chi connectivity index (χ3v) is 6.84. The van der Waals surface area contributed by atoms with E-state index in [0.29, 0.717) is 5.92 Å². The van der Waals surface area contributed by atoms with E-state index in [1.807, 2.05) is 11.8 Å². The van der Waals surface area contributed by atoms with Gasteiger partial charge in [-0.15, -0.1) is 11.8 Å². The average molecular weight is 294 g/mol. The molecular formula is C16H23NS2. The molecular weight excluding hydrogens is 270 g/mol. The summed E-state index contributed by atoms with van der Waals surface area (Å²) in [6, 6.07) is 9.68. The van der Waals surface area contributed by atoms with Gasteiger partial charge in [0.2, 0.25) is 0 Å². The van der Waals surface area contributed by atoms with Crippen LogP contribution in [0, 0.1) is 0 Å². The molecule has 1 aromatic carbocycles. The molecule has 3 rings (SSSR count). The summed E-state index contributed by atoms with van der Waals surface area (Å²) in [5, 5.41) is 4.72. The van der Waals surface area contributed by atoms with Crippen LogP contribution in [0.2, 0.25) is 0 Å². The van der Waals surface area contributed by atoms with Gasteiger partial charge in [-0.1, -0.05) is 31.5 Å². The molecule has 2 aliphatic rings. The van der Waals surface area contributed by atoms with Crippen molar-refractivity contribution in [1.29, 1.82) is 0 Å². The smallest absolute Gasteiger partial charge is 0.0201 e. The van der Waals surface area contributed by atoms with Crippen LogP contribution in [-0.2, 0) is 0 Å². The van der Waals surface area contributed by atoms with Crippen LogP contribution >= 0.6 is 23.5 Å². The summed E-state index contributed by atoms with van der Waals surface area (Å²) in [5.41, 5.74) is 1.57. The standard InChI is InChI=1S/C16H23NS2/c1-2-18-16-9-5-7-14(16)17-10-12-11-19-15-8-4-3-6-13(12)15/h3-4,6,8,12,14,16-17H,2,5,7,9-11H2,1H3. The van der Waals surface area contributed by atoms with Crippen molar-refractivity contribution in [2.24, 2.45) is 0 Å². The molecule has 104 valence electrons. The van der Waals surface area contributed by atoms with Crippen LogP contribution in [0.15, 0.2) is 29.2 Å². The van der Waals surface area contributed by atoms with E-state index in [1.54, 1.807) is 5.56 Å². The van der Waals surface area contributed by atoms with Gasteiger partial charge < -0.3 is 5.32 Å². The lowest BCUT2D eigenvalue weighted by Gasteiger charge is -2.22. The molecule has 1 saturated carbocycles. The Balaban J connectivity index is 1.56. The number of hydrogen-bond donors (Lipinski definition) is 1. The number of thioether (sulfide) groups is 2. The Morgan fingerprint density at radius 1 is 1.32 bits per heavy atom. The second kappa shape index (κ2) is 6.55. The fraction of sp³-hybridized carbons (Fsp3) is 0.625. The zero-order chi connectivity index (χ0) is 13.1. The monoisotopic (exact) mass is 293 g/mol. The molecule has 1 aromatic rings. The van der Waals surface area contributed by atoms with E-state index < -0.39 is 0 Å². The largest absolute Gasteiger partial charge is 0.312 e. The van der Waals surface area contributed by atoms with Crippen molar-refractivity contribution in [3.05, 3.63) is 29.8 Å². The fourth-order valence-corrected chi connectivity index (χ4v) is 5.75. The minimum atomic E-state index is 0.717. The van der Waals surface area contributed by atoms with Crippen LogP contribution in [-0.4, -0.2) is 29.3 Å². The first kappa shape index (κ1) is 13.8. The molecule has 1 N–H and O–H groups in total. The van der Waals surface area contributed by atoms with Crippen molar-refractivity contribution in [2.45, 2.75) is 48.3 Å². The van der Waals surface area contributed by atoms with E-state index >= 15 is 0 Å². The minimum absolute atomic E-state index is 0.717. The number of hydrogen-bond acceptors (Lipinski definition) is 3. The number of nitrogens with one attached hydrogen (secondary N) is 1.